The van der Waals surface area contributed by atoms with E-state index in [1.807, 2.05) is 25.1 Å². The third-order valence-corrected chi connectivity index (χ3v) is 5.22. The van der Waals surface area contributed by atoms with Crippen LogP contribution >= 0.6 is 34.7 Å². The average molecular weight is 314 g/mol. The Labute approximate surface area is 124 Å². The number of halogens is 1. The second-order valence-corrected chi connectivity index (χ2v) is 6.71. The Morgan fingerprint density at radius 1 is 1.47 bits per heavy atom. The van der Waals surface area contributed by atoms with E-state index in [1.165, 1.54) is 23.1 Å². The molecule has 0 fully saturated rings. The van der Waals surface area contributed by atoms with Gasteiger partial charge in [0.25, 0.3) is 0 Å². The van der Waals surface area contributed by atoms with Crippen molar-refractivity contribution < 1.29 is 9.90 Å². The largest absolute Gasteiger partial charge is 0.477 e. The summed E-state index contributed by atoms with van der Waals surface area (Å²) >= 11 is 8.87. The number of thioether (sulfide) groups is 1. The summed E-state index contributed by atoms with van der Waals surface area (Å²) in [6.07, 6.45) is 0. The number of benzene rings is 1. The average Bonchev–Trinajstić information content (AvgIpc) is 2.69. The molecule has 0 radical (unpaired) electrons. The van der Waals surface area contributed by atoms with Crippen LogP contribution in [0.5, 0.6) is 0 Å². The monoisotopic (exact) mass is 313 g/mol. The van der Waals surface area contributed by atoms with Gasteiger partial charge in [-0.1, -0.05) is 35.5 Å². The van der Waals surface area contributed by atoms with Crippen molar-refractivity contribution in [3.05, 3.63) is 44.9 Å². The smallest absolute Gasteiger partial charge is 0.347 e. The lowest BCUT2D eigenvalue weighted by Crippen LogP contribution is -1.94. The molecule has 2 aromatic rings. The lowest BCUT2D eigenvalue weighted by Gasteiger charge is -2.03. The summed E-state index contributed by atoms with van der Waals surface area (Å²) in [5, 5.41) is 9.71. The van der Waals surface area contributed by atoms with E-state index in [0.717, 1.165) is 20.5 Å². The van der Waals surface area contributed by atoms with Gasteiger partial charge >= 0.3 is 5.97 Å². The van der Waals surface area contributed by atoms with Crippen LogP contribution in [0.3, 0.4) is 0 Å². The number of carboxylic acid groups (broad SMARTS) is 1. The number of thiazole rings is 1. The van der Waals surface area contributed by atoms with E-state index < -0.39 is 5.97 Å². The molecule has 1 aromatic carbocycles. The summed E-state index contributed by atoms with van der Waals surface area (Å²) in [4.78, 5) is 15.5. The SMILES string of the molecule is Cc1ccc(CSc2nc(C)c(C(=O)O)s2)c(Cl)c1. The molecule has 6 heteroatoms. The maximum atomic E-state index is 10.9. The normalized spacial score (nSPS) is 10.7. The summed E-state index contributed by atoms with van der Waals surface area (Å²) in [5.41, 5.74) is 2.72. The minimum atomic E-state index is -0.921. The number of aromatic carboxylic acids is 1. The zero-order chi connectivity index (χ0) is 14.0. The standard InChI is InChI=1S/C13H12ClNO2S2/c1-7-3-4-9(10(14)5-7)6-18-13-15-8(2)11(19-13)12(16)17/h3-5H,6H2,1-2H3,(H,16,17). The molecule has 1 heterocycles. The highest BCUT2D eigenvalue weighted by atomic mass is 35.5. The molecular formula is C13H12ClNO2S2. The molecule has 100 valence electrons. The fraction of sp³-hybridized carbons (Fsp3) is 0.231. The first kappa shape index (κ1) is 14.4. The first-order chi connectivity index (χ1) is 8.97. The molecule has 0 unspecified atom stereocenters. The first-order valence-corrected chi connectivity index (χ1v) is 7.74. The quantitative estimate of drug-likeness (QED) is 0.850. The molecule has 0 aliphatic carbocycles. The molecule has 1 N–H and O–H groups in total. The van der Waals surface area contributed by atoms with E-state index >= 15 is 0 Å². The molecule has 0 saturated carbocycles. The third-order valence-electron chi connectivity index (χ3n) is 2.53. The van der Waals surface area contributed by atoms with Crippen LogP contribution in [0.1, 0.15) is 26.5 Å². The maximum Gasteiger partial charge on any atom is 0.347 e. The van der Waals surface area contributed by atoms with Crippen LogP contribution in [-0.2, 0) is 5.75 Å². The predicted molar refractivity (Wildman–Crippen MR) is 79.6 cm³/mol. The molecule has 2 rings (SSSR count). The Balaban J connectivity index is 2.10. The van der Waals surface area contributed by atoms with Gasteiger partial charge in [0, 0.05) is 10.8 Å². The number of hydrogen-bond acceptors (Lipinski definition) is 4. The lowest BCUT2D eigenvalue weighted by atomic mass is 10.2. The number of hydrogen-bond donors (Lipinski definition) is 1. The number of rotatable bonds is 4. The van der Waals surface area contributed by atoms with Gasteiger partial charge in [-0.15, -0.1) is 11.3 Å². The van der Waals surface area contributed by atoms with Crippen molar-refractivity contribution in [2.75, 3.05) is 0 Å². The van der Waals surface area contributed by atoms with E-state index in [1.54, 1.807) is 6.92 Å². The molecule has 0 spiro atoms. The molecule has 3 nitrogen and oxygen atoms in total. The maximum absolute atomic E-state index is 10.9. The van der Waals surface area contributed by atoms with Gasteiger partial charge < -0.3 is 5.11 Å². The zero-order valence-corrected chi connectivity index (χ0v) is 12.8. The molecule has 0 atom stereocenters. The Kier molecular flexibility index (Phi) is 4.50. The van der Waals surface area contributed by atoms with Gasteiger partial charge in [0.15, 0.2) is 4.34 Å². The van der Waals surface area contributed by atoms with Crippen LogP contribution in [0, 0.1) is 13.8 Å². The summed E-state index contributed by atoms with van der Waals surface area (Å²) in [6, 6.07) is 5.92. The number of nitrogens with zero attached hydrogens (tertiary/aromatic N) is 1. The van der Waals surface area contributed by atoms with Crippen molar-refractivity contribution in [1.82, 2.24) is 4.98 Å². The van der Waals surface area contributed by atoms with Gasteiger partial charge in [0.2, 0.25) is 0 Å². The summed E-state index contributed by atoms with van der Waals surface area (Å²) in [7, 11) is 0. The molecule has 0 bridgehead atoms. The van der Waals surface area contributed by atoms with Crippen molar-refractivity contribution >= 4 is 40.7 Å². The van der Waals surface area contributed by atoms with Crippen LogP contribution in [0.4, 0.5) is 0 Å². The lowest BCUT2D eigenvalue weighted by molar-refractivity contribution is 0.0701. The highest BCUT2D eigenvalue weighted by molar-refractivity contribution is 8.00. The topological polar surface area (TPSA) is 50.2 Å². The molecule has 0 aliphatic heterocycles. The van der Waals surface area contributed by atoms with Gasteiger partial charge in [-0.05, 0) is 31.0 Å². The minimum Gasteiger partial charge on any atom is -0.477 e. The van der Waals surface area contributed by atoms with E-state index in [-0.39, 0.29) is 0 Å². The highest BCUT2D eigenvalue weighted by Crippen LogP contribution is 2.31. The molecule has 0 aliphatic rings. The zero-order valence-electron chi connectivity index (χ0n) is 10.4. The van der Waals surface area contributed by atoms with Crippen molar-refractivity contribution in [1.29, 1.82) is 0 Å². The highest BCUT2D eigenvalue weighted by Gasteiger charge is 2.14. The Hall–Kier alpha value is -1.04. The van der Waals surface area contributed by atoms with E-state index in [2.05, 4.69) is 4.98 Å². The number of carbonyl (C=O) groups is 1. The molecule has 0 amide bonds. The van der Waals surface area contributed by atoms with Gasteiger partial charge in [-0.2, -0.15) is 0 Å². The van der Waals surface area contributed by atoms with Gasteiger partial charge in [-0.25, -0.2) is 9.78 Å². The van der Waals surface area contributed by atoms with E-state index in [9.17, 15) is 4.79 Å². The van der Waals surface area contributed by atoms with Gasteiger partial charge in [-0.3, -0.25) is 0 Å². The minimum absolute atomic E-state index is 0.303. The first-order valence-electron chi connectivity index (χ1n) is 5.56. The fourth-order valence-electron chi connectivity index (χ4n) is 1.54. The number of carboxylic acids is 1. The summed E-state index contributed by atoms with van der Waals surface area (Å²) in [5.74, 6) is -0.235. The van der Waals surface area contributed by atoms with Crippen molar-refractivity contribution in [2.45, 2.75) is 23.9 Å². The Morgan fingerprint density at radius 2 is 2.21 bits per heavy atom. The van der Waals surface area contributed by atoms with E-state index in [4.69, 9.17) is 16.7 Å². The van der Waals surface area contributed by atoms with E-state index in [0.29, 0.717) is 16.3 Å². The number of aryl methyl sites for hydroxylation is 2. The third kappa shape index (κ3) is 3.49. The Morgan fingerprint density at radius 3 is 2.79 bits per heavy atom. The van der Waals surface area contributed by atoms with Crippen LogP contribution in [0.15, 0.2) is 22.5 Å². The van der Waals surface area contributed by atoms with Crippen LogP contribution in [-0.4, -0.2) is 16.1 Å². The van der Waals surface area contributed by atoms with Crippen molar-refractivity contribution in [3.63, 3.8) is 0 Å². The second kappa shape index (κ2) is 5.94. The van der Waals surface area contributed by atoms with Crippen molar-refractivity contribution in [3.8, 4) is 0 Å². The molecule has 1 aromatic heterocycles. The van der Waals surface area contributed by atoms with Gasteiger partial charge in [0.05, 0.1) is 5.69 Å². The van der Waals surface area contributed by atoms with Crippen LogP contribution < -0.4 is 0 Å². The fourth-order valence-corrected chi connectivity index (χ4v) is 3.95. The second-order valence-electron chi connectivity index (χ2n) is 4.08. The van der Waals surface area contributed by atoms with Gasteiger partial charge in [0.1, 0.15) is 4.88 Å². The number of aromatic nitrogens is 1. The van der Waals surface area contributed by atoms with Crippen LogP contribution in [0.25, 0.3) is 0 Å². The Bertz CT molecular complexity index is 625. The molecule has 19 heavy (non-hydrogen) atoms. The summed E-state index contributed by atoms with van der Waals surface area (Å²) < 4.78 is 0.756. The molecule has 0 saturated heterocycles. The summed E-state index contributed by atoms with van der Waals surface area (Å²) in [6.45, 7) is 3.70. The molecular weight excluding hydrogens is 302 g/mol. The predicted octanol–water partition coefficient (Wildman–Crippen LogP) is 4.40. The van der Waals surface area contributed by atoms with Crippen LogP contribution in [0.2, 0.25) is 5.02 Å². The van der Waals surface area contributed by atoms with Crippen molar-refractivity contribution in [2.24, 2.45) is 0 Å².